The molecule has 0 amide bonds. The quantitative estimate of drug-likeness (QED) is 0.791. The number of thiophene rings is 1. The van der Waals surface area contributed by atoms with Crippen molar-refractivity contribution in [2.45, 2.75) is 71.9 Å². The van der Waals surface area contributed by atoms with Crippen molar-refractivity contribution in [3.05, 3.63) is 21.9 Å². The van der Waals surface area contributed by atoms with E-state index in [1.165, 1.54) is 23.3 Å². The number of rotatable bonds is 6. The van der Waals surface area contributed by atoms with Crippen molar-refractivity contribution in [2.75, 3.05) is 13.2 Å². The van der Waals surface area contributed by atoms with Gasteiger partial charge in [0.25, 0.3) is 0 Å². The molecule has 0 saturated heterocycles. The Morgan fingerprint density at radius 3 is 2.38 bits per heavy atom. The maximum Gasteiger partial charge on any atom is 0.0876 e. The minimum Gasteiger partial charge on any atom is -0.373 e. The molecule has 0 bridgehead atoms. The average molecular weight is 310 g/mol. The van der Waals surface area contributed by atoms with Gasteiger partial charge in [-0.25, -0.2) is 0 Å². The fourth-order valence-corrected chi connectivity index (χ4v) is 4.37. The Labute approximate surface area is 134 Å². The van der Waals surface area contributed by atoms with Crippen molar-refractivity contribution in [3.63, 3.8) is 0 Å². The number of hydrogen-bond acceptors (Lipinski definition) is 3. The third-order valence-electron chi connectivity index (χ3n) is 5.03. The third kappa shape index (κ3) is 3.69. The Morgan fingerprint density at radius 1 is 1.24 bits per heavy atom. The Kier molecular flexibility index (Phi) is 5.50. The molecule has 21 heavy (non-hydrogen) atoms. The Balaban J connectivity index is 2.31. The van der Waals surface area contributed by atoms with Gasteiger partial charge in [0.1, 0.15) is 0 Å². The molecular weight excluding hydrogens is 278 g/mol. The summed E-state index contributed by atoms with van der Waals surface area (Å²) in [5, 5.41) is 5.94. The number of ether oxygens (including phenoxy) is 1. The second-order valence-electron chi connectivity index (χ2n) is 7.08. The van der Waals surface area contributed by atoms with Crippen LogP contribution in [0.25, 0.3) is 0 Å². The molecule has 1 aliphatic carbocycles. The molecule has 1 aromatic rings. The summed E-state index contributed by atoms with van der Waals surface area (Å²) >= 11 is 1.84. The number of nitrogens with one attached hydrogen (secondary N) is 1. The van der Waals surface area contributed by atoms with E-state index in [1.807, 2.05) is 11.3 Å². The molecule has 1 heterocycles. The number of aryl methyl sites for hydroxylation is 1. The van der Waals surface area contributed by atoms with E-state index in [4.69, 9.17) is 4.74 Å². The summed E-state index contributed by atoms with van der Waals surface area (Å²) in [5.74, 6) is 0. The first-order valence-corrected chi connectivity index (χ1v) is 9.23. The molecule has 1 unspecified atom stereocenters. The number of likely N-dealkylation sites (N-methyl/N-ethyl adjacent to an activating group) is 1. The standard InChI is InChI=1S/C18H31NOS/c1-6-19-16(15-8-13-21-14(15)3)18(20-7-2)11-9-17(4,5)10-12-18/h8,13,16,19H,6-7,9-12H2,1-5H3. The van der Waals surface area contributed by atoms with Crippen LogP contribution in [0.15, 0.2) is 11.4 Å². The van der Waals surface area contributed by atoms with Crippen LogP contribution in [0.1, 0.15) is 69.9 Å². The highest BCUT2D eigenvalue weighted by Crippen LogP contribution is 2.48. The van der Waals surface area contributed by atoms with E-state index in [0.29, 0.717) is 11.5 Å². The predicted octanol–water partition coefficient (Wildman–Crippen LogP) is 5.08. The zero-order valence-electron chi connectivity index (χ0n) is 14.3. The van der Waals surface area contributed by atoms with Gasteiger partial charge in [0.15, 0.2) is 0 Å². The van der Waals surface area contributed by atoms with Gasteiger partial charge >= 0.3 is 0 Å². The van der Waals surface area contributed by atoms with Gasteiger partial charge < -0.3 is 10.1 Å². The normalized spacial score (nSPS) is 22.1. The van der Waals surface area contributed by atoms with Crippen LogP contribution >= 0.6 is 11.3 Å². The van der Waals surface area contributed by atoms with Crippen LogP contribution in [0.4, 0.5) is 0 Å². The first kappa shape index (κ1) is 17.0. The zero-order valence-corrected chi connectivity index (χ0v) is 15.1. The van der Waals surface area contributed by atoms with Gasteiger partial charge in [-0.1, -0.05) is 20.8 Å². The van der Waals surface area contributed by atoms with Crippen molar-refractivity contribution in [1.29, 1.82) is 0 Å². The summed E-state index contributed by atoms with van der Waals surface area (Å²) < 4.78 is 6.40. The van der Waals surface area contributed by atoms with Gasteiger partial charge in [-0.15, -0.1) is 11.3 Å². The van der Waals surface area contributed by atoms with Crippen LogP contribution in [-0.2, 0) is 4.74 Å². The Bertz CT molecular complexity index is 442. The summed E-state index contributed by atoms with van der Waals surface area (Å²) in [6.45, 7) is 13.1. The zero-order chi connectivity index (χ0) is 15.5. The van der Waals surface area contributed by atoms with Crippen molar-refractivity contribution in [3.8, 4) is 0 Å². The molecule has 2 nitrogen and oxygen atoms in total. The van der Waals surface area contributed by atoms with Gasteiger partial charge in [0, 0.05) is 11.5 Å². The van der Waals surface area contributed by atoms with Crippen LogP contribution in [-0.4, -0.2) is 18.8 Å². The topological polar surface area (TPSA) is 21.3 Å². The summed E-state index contributed by atoms with van der Waals surface area (Å²) in [5.41, 5.74) is 1.86. The summed E-state index contributed by atoms with van der Waals surface area (Å²) in [7, 11) is 0. The first-order valence-electron chi connectivity index (χ1n) is 8.35. The second-order valence-corrected chi connectivity index (χ2v) is 8.21. The van der Waals surface area contributed by atoms with Crippen LogP contribution in [0.5, 0.6) is 0 Å². The highest BCUT2D eigenvalue weighted by atomic mass is 32.1. The first-order chi connectivity index (χ1) is 9.94. The maximum absolute atomic E-state index is 6.40. The van der Waals surface area contributed by atoms with E-state index >= 15 is 0 Å². The highest BCUT2D eigenvalue weighted by molar-refractivity contribution is 7.10. The molecule has 0 radical (unpaired) electrons. The molecular formula is C18H31NOS. The van der Waals surface area contributed by atoms with E-state index in [-0.39, 0.29) is 5.60 Å². The monoisotopic (exact) mass is 309 g/mol. The lowest BCUT2D eigenvalue weighted by molar-refractivity contribution is -0.107. The average Bonchev–Trinajstić information content (AvgIpc) is 2.85. The second kappa shape index (κ2) is 6.80. The maximum atomic E-state index is 6.40. The van der Waals surface area contributed by atoms with Gasteiger partial charge in [-0.3, -0.25) is 0 Å². The van der Waals surface area contributed by atoms with Crippen LogP contribution < -0.4 is 5.32 Å². The predicted molar refractivity (Wildman–Crippen MR) is 92.1 cm³/mol. The van der Waals surface area contributed by atoms with Gasteiger partial charge in [0.05, 0.1) is 11.6 Å². The molecule has 2 rings (SSSR count). The highest BCUT2D eigenvalue weighted by Gasteiger charge is 2.45. The molecule has 1 N–H and O–H groups in total. The van der Waals surface area contributed by atoms with Crippen LogP contribution in [0.2, 0.25) is 0 Å². The molecule has 1 aromatic heterocycles. The molecule has 1 atom stereocenters. The van der Waals surface area contributed by atoms with E-state index < -0.39 is 0 Å². The van der Waals surface area contributed by atoms with E-state index in [0.717, 1.165) is 26.0 Å². The summed E-state index contributed by atoms with van der Waals surface area (Å²) in [6, 6.07) is 2.61. The van der Waals surface area contributed by atoms with Crippen molar-refractivity contribution in [2.24, 2.45) is 5.41 Å². The van der Waals surface area contributed by atoms with Crippen LogP contribution in [0, 0.1) is 12.3 Å². The lowest BCUT2D eigenvalue weighted by atomic mass is 9.67. The van der Waals surface area contributed by atoms with E-state index in [2.05, 4.69) is 51.4 Å². The lowest BCUT2D eigenvalue weighted by Gasteiger charge is -2.48. The van der Waals surface area contributed by atoms with Crippen LogP contribution in [0.3, 0.4) is 0 Å². The van der Waals surface area contributed by atoms with Crippen molar-refractivity contribution < 1.29 is 4.74 Å². The van der Waals surface area contributed by atoms with E-state index in [1.54, 1.807) is 0 Å². The minimum absolute atomic E-state index is 0.0356. The lowest BCUT2D eigenvalue weighted by Crippen LogP contribution is -2.49. The van der Waals surface area contributed by atoms with Gasteiger partial charge in [-0.05, 0) is 68.5 Å². The summed E-state index contributed by atoms with van der Waals surface area (Å²) in [4.78, 5) is 1.42. The van der Waals surface area contributed by atoms with Gasteiger partial charge in [-0.2, -0.15) is 0 Å². The third-order valence-corrected chi connectivity index (χ3v) is 5.89. The van der Waals surface area contributed by atoms with E-state index in [9.17, 15) is 0 Å². The fraction of sp³-hybridized carbons (Fsp3) is 0.778. The van der Waals surface area contributed by atoms with Crippen molar-refractivity contribution >= 4 is 11.3 Å². The fourth-order valence-electron chi connectivity index (χ4n) is 3.63. The largest absolute Gasteiger partial charge is 0.373 e. The van der Waals surface area contributed by atoms with Crippen molar-refractivity contribution in [1.82, 2.24) is 5.32 Å². The smallest absolute Gasteiger partial charge is 0.0876 e. The number of hydrogen-bond donors (Lipinski definition) is 1. The molecule has 0 aromatic carbocycles. The molecule has 1 saturated carbocycles. The molecule has 0 aliphatic heterocycles. The molecule has 1 fully saturated rings. The molecule has 0 spiro atoms. The molecule has 3 heteroatoms. The van der Waals surface area contributed by atoms with Gasteiger partial charge in [0.2, 0.25) is 0 Å². The Hall–Kier alpha value is -0.380. The Morgan fingerprint density at radius 2 is 1.90 bits per heavy atom. The molecule has 1 aliphatic rings. The SMILES string of the molecule is CCNC(c1ccsc1C)C1(OCC)CCC(C)(C)CC1. The molecule has 120 valence electrons. The summed E-state index contributed by atoms with van der Waals surface area (Å²) in [6.07, 6.45) is 4.80. The minimum atomic E-state index is -0.0356.